The zero-order valence-electron chi connectivity index (χ0n) is 11.0. The van der Waals surface area contributed by atoms with Crippen LogP contribution in [0.2, 0.25) is 5.02 Å². The molecule has 1 unspecified atom stereocenters. The molecule has 0 aliphatic carbocycles. The first-order valence-electron chi connectivity index (χ1n) is 6.51. The standard InChI is InChI=1S/C14H19ClFNO2/c1-2-19-14(5-7-18-8-6-14)13(17)11-4-3-10(15)9-12(11)16/h3-4,9,13H,2,5-8,17H2,1H3. The van der Waals surface area contributed by atoms with Crippen LogP contribution in [0.25, 0.3) is 0 Å². The Morgan fingerprint density at radius 1 is 1.47 bits per heavy atom. The zero-order chi connectivity index (χ0) is 13.9. The van der Waals surface area contributed by atoms with E-state index in [4.69, 9.17) is 26.8 Å². The van der Waals surface area contributed by atoms with Crippen molar-refractivity contribution in [3.8, 4) is 0 Å². The van der Waals surface area contributed by atoms with E-state index in [9.17, 15) is 4.39 Å². The van der Waals surface area contributed by atoms with E-state index < -0.39 is 11.6 Å². The smallest absolute Gasteiger partial charge is 0.129 e. The van der Waals surface area contributed by atoms with Crippen LogP contribution >= 0.6 is 11.6 Å². The molecule has 1 atom stereocenters. The molecule has 5 heteroatoms. The predicted octanol–water partition coefficient (Wildman–Crippen LogP) is 3.06. The molecule has 0 bridgehead atoms. The molecule has 1 fully saturated rings. The molecule has 1 aromatic carbocycles. The fourth-order valence-corrected chi connectivity index (χ4v) is 2.75. The van der Waals surface area contributed by atoms with E-state index in [1.165, 1.54) is 6.07 Å². The molecule has 0 radical (unpaired) electrons. The predicted molar refractivity (Wildman–Crippen MR) is 72.7 cm³/mol. The third-order valence-electron chi connectivity index (χ3n) is 3.64. The van der Waals surface area contributed by atoms with Gasteiger partial charge in [-0.1, -0.05) is 17.7 Å². The van der Waals surface area contributed by atoms with Crippen molar-refractivity contribution in [3.05, 3.63) is 34.6 Å². The molecule has 1 aromatic rings. The molecule has 1 aliphatic rings. The van der Waals surface area contributed by atoms with E-state index in [0.29, 0.717) is 43.2 Å². The second kappa shape index (κ2) is 6.18. The summed E-state index contributed by atoms with van der Waals surface area (Å²) in [4.78, 5) is 0. The minimum atomic E-state index is -0.554. The number of halogens is 2. The molecule has 0 amide bonds. The Labute approximate surface area is 117 Å². The maximum Gasteiger partial charge on any atom is 0.129 e. The molecule has 0 spiro atoms. The molecule has 0 saturated carbocycles. The second-order valence-electron chi connectivity index (χ2n) is 4.75. The average molecular weight is 288 g/mol. The highest BCUT2D eigenvalue weighted by Crippen LogP contribution is 2.37. The molecular weight excluding hydrogens is 269 g/mol. The van der Waals surface area contributed by atoms with Gasteiger partial charge in [-0.25, -0.2) is 4.39 Å². The van der Waals surface area contributed by atoms with Gasteiger partial charge in [0, 0.05) is 43.2 Å². The van der Waals surface area contributed by atoms with Gasteiger partial charge in [-0.2, -0.15) is 0 Å². The quantitative estimate of drug-likeness (QED) is 0.926. The largest absolute Gasteiger partial charge is 0.381 e. The number of rotatable bonds is 4. The Balaban J connectivity index is 2.30. The van der Waals surface area contributed by atoms with Crippen molar-refractivity contribution in [2.75, 3.05) is 19.8 Å². The number of ether oxygens (including phenoxy) is 2. The number of nitrogens with two attached hydrogens (primary N) is 1. The molecule has 3 nitrogen and oxygen atoms in total. The van der Waals surface area contributed by atoms with Gasteiger partial charge in [-0.3, -0.25) is 0 Å². The fraction of sp³-hybridized carbons (Fsp3) is 0.571. The van der Waals surface area contributed by atoms with Crippen molar-refractivity contribution in [1.82, 2.24) is 0 Å². The zero-order valence-corrected chi connectivity index (χ0v) is 11.8. The van der Waals surface area contributed by atoms with Gasteiger partial charge in [0.25, 0.3) is 0 Å². The maximum absolute atomic E-state index is 14.0. The average Bonchev–Trinajstić information content (AvgIpc) is 2.39. The first-order valence-corrected chi connectivity index (χ1v) is 6.89. The van der Waals surface area contributed by atoms with Gasteiger partial charge >= 0.3 is 0 Å². The summed E-state index contributed by atoms with van der Waals surface area (Å²) < 4.78 is 25.2. The molecule has 1 saturated heterocycles. The Bertz CT molecular complexity index is 430. The van der Waals surface area contributed by atoms with Gasteiger partial charge in [-0.15, -0.1) is 0 Å². The summed E-state index contributed by atoms with van der Waals surface area (Å²) in [5.41, 5.74) is 6.17. The van der Waals surface area contributed by atoms with E-state index >= 15 is 0 Å². The Kier molecular flexibility index (Phi) is 4.79. The van der Waals surface area contributed by atoms with E-state index in [1.54, 1.807) is 12.1 Å². The first-order chi connectivity index (χ1) is 9.09. The van der Waals surface area contributed by atoms with Gasteiger partial charge in [0.05, 0.1) is 11.6 Å². The maximum atomic E-state index is 14.0. The highest BCUT2D eigenvalue weighted by atomic mass is 35.5. The lowest BCUT2D eigenvalue weighted by Crippen LogP contribution is -2.48. The summed E-state index contributed by atoms with van der Waals surface area (Å²) in [6, 6.07) is 4.06. The van der Waals surface area contributed by atoms with Crippen LogP contribution in [0.3, 0.4) is 0 Å². The van der Waals surface area contributed by atoms with Crippen LogP contribution in [0.4, 0.5) is 4.39 Å². The van der Waals surface area contributed by atoms with E-state index in [0.717, 1.165) is 0 Å². The van der Waals surface area contributed by atoms with Gasteiger partial charge in [-0.05, 0) is 19.1 Å². The summed E-state index contributed by atoms with van der Waals surface area (Å²) in [5, 5.41) is 0.367. The number of benzene rings is 1. The fourth-order valence-electron chi connectivity index (χ4n) is 2.59. The van der Waals surface area contributed by atoms with E-state index in [-0.39, 0.29) is 5.82 Å². The minimum Gasteiger partial charge on any atom is -0.381 e. The summed E-state index contributed by atoms with van der Waals surface area (Å²) in [7, 11) is 0. The second-order valence-corrected chi connectivity index (χ2v) is 5.19. The molecule has 0 aromatic heterocycles. The SMILES string of the molecule is CCOC1(C(N)c2ccc(Cl)cc2F)CCOCC1. The lowest BCUT2D eigenvalue weighted by atomic mass is 9.82. The molecular formula is C14H19ClFNO2. The monoisotopic (exact) mass is 287 g/mol. The molecule has 1 heterocycles. The summed E-state index contributed by atoms with van der Waals surface area (Å²) in [6.07, 6.45) is 1.34. The van der Waals surface area contributed by atoms with Crippen LogP contribution in [-0.4, -0.2) is 25.4 Å². The van der Waals surface area contributed by atoms with Crippen molar-refractivity contribution in [1.29, 1.82) is 0 Å². The molecule has 2 rings (SSSR count). The van der Waals surface area contributed by atoms with Crippen molar-refractivity contribution >= 4 is 11.6 Å². The van der Waals surface area contributed by atoms with Crippen LogP contribution < -0.4 is 5.73 Å². The topological polar surface area (TPSA) is 44.5 Å². The molecule has 2 N–H and O–H groups in total. The minimum absolute atomic E-state index is 0.367. The van der Waals surface area contributed by atoms with Crippen LogP contribution in [0.1, 0.15) is 31.4 Å². The lowest BCUT2D eigenvalue weighted by Gasteiger charge is -2.41. The number of hydrogen-bond acceptors (Lipinski definition) is 3. The number of hydrogen-bond donors (Lipinski definition) is 1. The molecule has 106 valence electrons. The highest BCUT2D eigenvalue weighted by Gasteiger charge is 2.41. The van der Waals surface area contributed by atoms with E-state index in [1.807, 2.05) is 6.92 Å². The van der Waals surface area contributed by atoms with E-state index in [2.05, 4.69) is 0 Å². The Hall–Kier alpha value is -0.680. The van der Waals surface area contributed by atoms with Crippen molar-refractivity contribution in [2.24, 2.45) is 5.73 Å². The van der Waals surface area contributed by atoms with Gasteiger partial charge in [0.15, 0.2) is 0 Å². The van der Waals surface area contributed by atoms with Crippen LogP contribution in [0.5, 0.6) is 0 Å². The van der Waals surface area contributed by atoms with Gasteiger partial charge in [0.2, 0.25) is 0 Å². The van der Waals surface area contributed by atoms with Crippen molar-refractivity contribution in [3.63, 3.8) is 0 Å². The Morgan fingerprint density at radius 3 is 2.74 bits per heavy atom. The van der Waals surface area contributed by atoms with Crippen molar-refractivity contribution < 1.29 is 13.9 Å². The Morgan fingerprint density at radius 2 is 2.16 bits per heavy atom. The van der Waals surface area contributed by atoms with Crippen LogP contribution in [0, 0.1) is 5.82 Å². The molecule has 1 aliphatic heterocycles. The first kappa shape index (κ1) is 14.7. The third-order valence-corrected chi connectivity index (χ3v) is 3.87. The van der Waals surface area contributed by atoms with Crippen LogP contribution in [-0.2, 0) is 9.47 Å². The lowest BCUT2D eigenvalue weighted by molar-refractivity contribution is -0.122. The normalized spacial score (nSPS) is 20.2. The molecule has 19 heavy (non-hydrogen) atoms. The summed E-state index contributed by atoms with van der Waals surface area (Å²) in [6.45, 7) is 3.64. The third kappa shape index (κ3) is 3.08. The van der Waals surface area contributed by atoms with Crippen molar-refractivity contribution in [2.45, 2.75) is 31.4 Å². The summed E-state index contributed by atoms with van der Waals surface area (Å²) in [5.74, 6) is -0.384. The van der Waals surface area contributed by atoms with Gasteiger partial charge in [0.1, 0.15) is 5.82 Å². The summed E-state index contributed by atoms with van der Waals surface area (Å²) >= 11 is 5.77. The van der Waals surface area contributed by atoms with Gasteiger partial charge < -0.3 is 15.2 Å². The highest BCUT2D eigenvalue weighted by molar-refractivity contribution is 6.30. The van der Waals surface area contributed by atoms with Crippen LogP contribution in [0.15, 0.2) is 18.2 Å².